The van der Waals surface area contributed by atoms with Crippen molar-refractivity contribution in [2.75, 3.05) is 11.9 Å². The van der Waals surface area contributed by atoms with Crippen LogP contribution in [0, 0.1) is 33.3 Å². The van der Waals surface area contributed by atoms with Gasteiger partial charge in [0.15, 0.2) is 0 Å². The maximum Gasteiger partial charge on any atom is 0.292 e. The Morgan fingerprint density at radius 1 is 1.53 bits per heavy atom. The highest BCUT2D eigenvalue weighted by Gasteiger charge is 2.22. The zero-order valence-corrected chi connectivity index (χ0v) is 10.9. The summed E-state index contributed by atoms with van der Waals surface area (Å²) in [6, 6.07) is 6.42. The Bertz CT molecular complexity index is 522. The van der Waals surface area contributed by atoms with Crippen LogP contribution in [-0.4, -0.2) is 11.5 Å². The van der Waals surface area contributed by atoms with Crippen LogP contribution in [0.15, 0.2) is 18.2 Å². The Hall–Kier alpha value is -2.09. The van der Waals surface area contributed by atoms with E-state index < -0.39 is 4.92 Å². The molecule has 2 rings (SSSR count). The van der Waals surface area contributed by atoms with Gasteiger partial charge in [-0.1, -0.05) is 13.3 Å². The zero-order valence-electron chi connectivity index (χ0n) is 10.9. The van der Waals surface area contributed by atoms with Crippen LogP contribution in [0.4, 0.5) is 11.4 Å². The van der Waals surface area contributed by atoms with E-state index in [0.717, 1.165) is 12.5 Å². The molecule has 5 nitrogen and oxygen atoms in total. The van der Waals surface area contributed by atoms with Crippen molar-refractivity contribution in [2.24, 2.45) is 11.8 Å². The van der Waals surface area contributed by atoms with Crippen molar-refractivity contribution in [3.63, 3.8) is 0 Å². The van der Waals surface area contributed by atoms with Crippen molar-refractivity contribution in [1.29, 1.82) is 5.26 Å². The molecular weight excluding hydrogens is 242 g/mol. The van der Waals surface area contributed by atoms with E-state index in [-0.39, 0.29) is 5.69 Å². The third-order valence-corrected chi connectivity index (χ3v) is 3.71. The second kappa shape index (κ2) is 5.70. The van der Waals surface area contributed by atoms with E-state index in [0.29, 0.717) is 17.2 Å². The number of hydrogen-bond acceptors (Lipinski definition) is 4. The second-order valence-electron chi connectivity index (χ2n) is 5.27. The molecule has 0 bridgehead atoms. The quantitative estimate of drug-likeness (QED) is 0.664. The normalized spacial score (nSPS) is 21.9. The van der Waals surface area contributed by atoms with Crippen LogP contribution in [-0.2, 0) is 0 Å². The lowest BCUT2D eigenvalue weighted by Gasteiger charge is -2.12. The van der Waals surface area contributed by atoms with E-state index in [9.17, 15) is 10.1 Å². The topological polar surface area (TPSA) is 79.0 Å². The largest absolute Gasteiger partial charge is 0.379 e. The molecule has 1 aliphatic carbocycles. The summed E-state index contributed by atoms with van der Waals surface area (Å²) in [5, 5.41) is 22.9. The van der Waals surface area contributed by atoms with Gasteiger partial charge in [0.2, 0.25) is 0 Å². The van der Waals surface area contributed by atoms with Gasteiger partial charge in [0.25, 0.3) is 5.69 Å². The molecule has 1 aliphatic rings. The average Bonchev–Trinajstić information content (AvgIpc) is 2.81. The first kappa shape index (κ1) is 13.3. The highest BCUT2D eigenvalue weighted by Crippen LogP contribution is 2.32. The van der Waals surface area contributed by atoms with Crippen LogP contribution in [0.25, 0.3) is 0 Å². The average molecular weight is 259 g/mol. The molecule has 2 atom stereocenters. The molecule has 19 heavy (non-hydrogen) atoms. The highest BCUT2D eigenvalue weighted by molar-refractivity contribution is 5.64. The summed E-state index contributed by atoms with van der Waals surface area (Å²) in [6.07, 6.45) is 3.56. The maximum absolute atomic E-state index is 11.0. The minimum Gasteiger partial charge on any atom is -0.379 e. The van der Waals surface area contributed by atoms with E-state index in [2.05, 4.69) is 12.2 Å². The summed E-state index contributed by atoms with van der Waals surface area (Å²) in [4.78, 5) is 10.5. The van der Waals surface area contributed by atoms with E-state index >= 15 is 0 Å². The maximum atomic E-state index is 11.0. The van der Waals surface area contributed by atoms with Gasteiger partial charge in [0, 0.05) is 12.6 Å². The molecule has 0 aliphatic heterocycles. The highest BCUT2D eigenvalue weighted by atomic mass is 16.6. The van der Waals surface area contributed by atoms with Crippen molar-refractivity contribution in [3.8, 4) is 6.07 Å². The third-order valence-electron chi connectivity index (χ3n) is 3.71. The number of nitrogens with one attached hydrogen (secondary N) is 1. The summed E-state index contributed by atoms with van der Waals surface area (Å²) in [5.41, 5.74) is 0.918. The van der Waals surface area contributed by atoms with Crippen LogP contribution in [0.3, 0.4) is 0 Å². The fourth-order valence-electron chi connectivity index (χ4n) is 2.67. The number of anilines is 1. The van der Waals surface area contributed by atoms with E-state index in [1.54, 1.807) is 6.07 Å². The first-order valence-corrected chi connectivity index (χ1v) is 6.52. The summed E-state index contributed by atoms with van der Waals surface area (Å²) in [7, 11) is 0. The molecule has 1 fully saturated rings. The summed E-state index contributed by atoms with van der Waals surface area (Å²) in [5.74, 6) is 1.31. The lowest BCUT2D eigenvalue weighted by atomic mass is 10.1. The number of benzene rings is 1. The van der Waals surface area contributed by atoms with Gasteiger partial charge in [-0.05, 0) is 36.8 Å². The number of nitriles is 1. The van der Waals surface area contributed by atoms with E-state index in [1.807, 2.05) is 6.07 Å². The minimum atomic E-state index is -0.416. The van der Waals surface area contributed by atoms with Crippen LogP contribution in [0.1, 0.15) is 31.7 Å². The Kier molecular flexibility index (Phi) is 4.00. The van der Waals surface area contributed by atoms with Gasteiger partial charge in [0.1, 0.15) is 5.69 Å². The van der Waals surface area contributed by atoms with Gasteiger partial charge in [-0.15, -0.1) is 0 Å². The Labute approximate surface area is 112 Å². The Morgan fingerprint density at radius 3 is 2.89 bits per heavy atom. The van der Waals surface area contributed by atoms with Gasteiger partial charge in [-0.3, -0.25) is 10.1 Å². The molecule has 1 saturated carbocycles. The SMILES string of the molecule is CC1CCC(CNc2cc(C#N)ccc2[N+](=O)[O-])C1. The molecular formula is C14H17N3O2. The van der Waals surface area contributed by atoms with Crippen molar-refractivity contribution >= 4 is 11.4 Å². The van der Waals surface area contributed by atoms with Crippen LogP contribution >= 0.6 is 0 Å². The lowest BCUT2D eigenvalue weighted by Crippen LogP contribution is -2.12. The minimum absolute atomic E-state index is 0.0324. The Balaban J connectivity index is 2.09. The molecule has 100 valence electrons. The van der Waals surface area contributed by atoms with Gasteiger partial charge in [-0.2, -0.15) is 5.26 Å². The monoisotopic (exact) mass is 259 g/mol. The first-order valence-electron chi connectivity index (χ1n) is 6.52. The molecule has 0 heterocycles. The second-order valence-corrected chi connectivity index (χ2v) is 5.27. The zero-order chi connectivity index (χ0) is 13.8. The predicted molar refractivity (Wildman–Crippen MR) is 72.8 cm³/mol. The smallest absolute Gasteiger partial charge is 0.292 e. The molecule has 0 spiro atoms. The molecule has 0 radical (unpaired) electrons. The number of nitro groups is 1. The van der Waals surface area contributed by atoms with Crippen molar-refractivity contribution in [1.82, 2.24) is 0 Å². The van der Waals surface area contributed by atoms with Crippen molar-refractivity contribution in [3.05, 3.63) is 33.9 Å². The number of hydrogen-bond donors (Lipinski definition) is 1. The van der Waals surface area contributed by atoms with E-state index in [4.69, 9.17) is 5.26 Å². The molecule has 1 aromatic rings. The van der Waals surface area contributed by atoms with Crippen LogP contribution < -0.4 is 5.32 Å². The lowest BCUT2D eigenvalue weighted by molar-refractivity contribution is -0.384. The van der Waals surface area contributed by atoms with Crippen molar-refractivity contribution in [2.45, 2.75) is 26.2 Å². The van der Waals surface area contributed by atoms with Gasteiger partial charge in [-0.25, -0.2) is 0 Å². The Morgan fingerprint density at radius 2 is 2.32 bits per heavy atom. The number of nitrogens with zero attached hydrogens (tertiary/aromatic N) is 2. The van der Waals surface area contributed by atoms with Crippen molar-refractivity contribution < 1.29 is 4.92 Å². The molecule has 1 N–H and O–H groups in total. The van der Waals surface area contributed by atoms with Gasteiger partial charge >= 0.3 is 0 Å². The standard InChI is InChI=1S/C14H17N3O2/c1-10-2-3-12(6-10)9-16-13-7-11(8-15)4-5-14(13)17(18)19/h4-5,7,10,12,16H,2-3,6,9H2,1H3. The number of nitro benzene ring substituents is 1. The molecule has 0 aromatic heterocycles. The summed E-state index contributed by atoms with van der Waals surface area (Å²) >= 11 is 0. The van der Waals surface area contributed by atoms with Crippen LogP contribution in [0.5, 0.6) is 0 Å². The molecule has 5 heteroatoms. The summed E-state index contributed by atoms with van der Waals surface area (Å²) < 4.78 is 0. The molecule has 1 aromatic carbocycles. The summed E-state index contributed by atoms with van der Waals surface area (Å²) in [6.45, 7) is 2.97. The fourth-order valence-corrected chi connectivity index (χ4v) is 2.67. The van der Waals surface area contributed by atoms with Crippen LogP contribution in [0.2, 0.25) is 0 Å². The first-order chi connectivity index (χ1) is 9.10. The number of rotatable bonds is 4. The molecule has 0 saturated heterocycles. The molecule has 0 amide bonds. The predicted octanol–water partition coefficient (Wildman–Crippen LogP) is 3.31. The van der Waals surface area contributed by atoms with E-state index in [1.165, 1.54) is 31.4 Å². The van der Waals surface area contributed by atoms with Gasteiger partial charge in [0.05, 0.1) is 16.6 Å². The third kappa shape index (κ3) is 3.22. The fraction of sp³-hybridized carbons (Fsp3) is 0.500. The molecule has 2 unspecified atom stereocenters. The van der Waals surface area contributed by atoms with Gasteiger partial charge < -0.3 is 5.32 Å².